The molecule has 0 aliphatic rings. The van der Waals surface area contributed by atoms with Crippen molar-refractivity contribution >= 4 is 28.9 Å². The van der Waals surface area contributed by atoms with Gasteiger partial charge in [-0.2, -0.15) is 5.10 Å². The Morgan fingerprint density at radius 3 is 2.69 bits per heavy atom. The van der Waals surface area contributed by atoms with Gasteiger partial charge in [0.2, 0.25) is 0 Å². The quantitative estimate of drug-likeness (QED) is 0.541. The Hall–Kier alpha value is -3.19. The summed E-state index contributed by atoms with van der Waals surface area (Å²) in [6.45, 7) is 2.16. The fourth-order valence-electron chi connectivity index (χ4n) is 2.44. The number of carbonyl (C=O) groups excluding carboxylic acids is 1. The van der Waals surface area contributed by atoms with Gasteiger partial charge in [-0.25, -0.2) is 0 Å². The lowest BCUT2D eigenvalue weighted by molar-refractivity contribution is -0.385. The molecule has 7 nitrogen and oxygen atoms in total. The maximum atomic E-state index is 12.3. The number of nitro benzene ring substituents is 1. The molecule has 8 heteroatoms. The second kappa shape index (κ2) is 7.37. The fraction of sp³-hybridized carbons (Fsp3) is 0.111. The Kier molecular flexibility index (Phi) is 4.99. The van der Waals surface area contributed by atoms with Crippen LogP contribution in [0.15, 0.2) is 54.9 Å². The zero-order valence-corrected chi connectivity index (χ0v) is 14.6. The Labute approximate surface area is 154 Å². The zero-order valence-electron chi connectivity index (χ0n) is 13.8. The van der Waals surface area contributed by atoms with Crippen LogP contribution in [0.3, 0.4) is 0 Å². The molecule has 0 spiro atoms. The SMILES string of the molecule is Cc1ccc(C(=O)Nc2cnn(Cc3ccc(Cl)cc3)c2)cc1[N+](=O)[O-]. The zero-order chi connectivity index (χ0) is 18.7. The van der Waals surface area contributed by atoms with Crippen molar-refractivity contribution in [3.05, 3.63) is 86.7 Å². The monoisotopic (exact) mass is 370 g/mol. The number of nitro groups is 1. The van der Waals surface area contributed by atoms with Gasteiger partial charge < -0.3 is 5.32 Å². The van der Waals surface area contributed by atoms with Crippen LogP contribution in [0.5, 0.6) is 0 Å². The number of nitrogens with one attached hydrogen (secondary N) is 1. The third-order valence-electron chi connectivity index (χ3n) is 3.82. The van der Waals surface area contributed by atoms with E-state index in [0.717, 1.165) is 5.56 Å². The van der Waals surface area contributed by atoms with Crippen LogP contribution >= 0.6 is 11.6 Å². The molecule has 1 aromatic heterocycles. The summed E-state index contributed by atoms with van der Waals surface area (Å²) in [4.78, 5) is 22.8. The largest absolute Gasteiger partial charge is 0.319 e. The molecule has 3 aromatic rings. The molecule has 132 valence electrons. The Bertz CT molecular complexity index is 967. The van der Waals surface area contributed by atoms with Gasteiger partial charge in [0.15, 0.2) is 0 Å². The summed E-state index contributed by atoms with van der Waals surface area (Å²) in [5.74, 6) is -0.431. The third kappa shape index (κ3) is 4.07. The van der Waals surface area contributed by atoms with E-state index in [1.54, 1.807) is 42.1 Å². The number of hydrogen-bond donors (Lipinski definition) is 1. The minimum Gasteiger partial charge on any atom is -0.319 e. The number of benzene rings is 2. The lowest BCUT2D eigenvalue weighted by atomic mass is 10.1. The van der Waals surface area contributed by atoms with Gasteiger partial charge in [-0.15, -0.1) is 0 Å². The maximum Gasteiger partial charge on any atom is 0.273 e. The first-order valence-corrected chi connectivity index (χ1v) is 8.13. The topological polar surface area (TPSA) is 90.1 Å². The molecule has 0 unspecified atom stereocenters. The van der Waals surface area contributed by atoms with E-state index in [4.69, 9.17) is 11.6 Å². The van der Waals surface area contributed by atoms with E-state index in [1.807, 2.05) is 12.1 Å². The van der Waals surface area contributed by atoms with E-state index in [2.05, 4.69) is 10.4 Å². The third-order valence-corrected chi connectivity index (χ3v) is 4.07. The van der Waals surface area contributed by atoms with Gasteiger partial charge in [0.25, 0.3) is 11.6 Å². The van der Waals surface area contributed by atoms with Gasteiger partial charge in [0.05, 0.1) is 23.4 Å². The first kappa shape index (κ1) is 17.6. The smallest absolute Gasteiger partial charge is 0.273 e. The number of aromatic nitrogens is 2. The van der Waals surface area contributed by atoms with Crippen molar-refractivity contribution in [1.29, 1.82) is 0 Å². The molecular weight excluding hydrogens is 356 g/mol. The van der Waals surface area contributed by atoms with Gasteiger partial charge in [0.1, 0.15) is 0 Å². The highest BCUT2D eigenvalue weighted by molar-refractivity contribution is 6.30. The minimum absolute atomic E-state index is 0.0870. The molecule has 26 heavy (non-hydrogen) atoms. The molecule has 0 atom stereocenters. The van der Waals surface area contributed by atoms with E-state index in [9.17, 15) is 14.9 Å². The molecule has 0 radical (unpaired) electrons. The van der Waals surface area contributed by atoms with Crippen LogP contribution in [0.1, 0.15) is 21.5 Å². The van der Waals surface area contributed by atoms with Crippen LogP contribution in [-0.2, 0) is 6.54 Å². The highest BCUT2D eigenvalue weighted by Gasteiger charge is 2.15. The van der Waals surface area contributed by atoms with Crippen LogP contribution in [0.4, 0.5) is 11.4 Å². The van der Waals surface area contributed by atoms with Crippen molar-refractivity contribution in [2.45, 2.75) is 13.5 Å². The molecule has 2 aromatic carbocycles. The molecule has 0 fully saturated rings. The first-order chi connectivity index (χ1) is 12.4. The van der Waals surface area contributed by atoms with Crippen LogP contribution in [0.25, 0.3) is 0 Å². The van der Waals surface area contributed by atoms with Crippen molar-refractivity contribution in [3.8, 4) is 0 Å². The number of halogens is 1. The van der Waals surface area contributed by atoms with E-state index in [-0.39, 0.29) is 11.3 Å². The number of nitrogens with zero attached hydrogens (tertiary/aromatic N) is 3. The molecule has 1 amide bonds. The Morgan fingerprint density at radius 1 is 1.27 bits per heavy atom. The lowest BCUT2D eigenvalue weighted by Gasteiger charge is -2.04. The average molecular weight is 371 g/mol. The predicted octanol–water partition coefficient (Wildman–Crippen LogP) is 4.05. The molecule has 0 aliphatic heterocycles. The molecule has 3 rings (SSSR count). The number of anilines is 1. The van der Waals surface area contributed by atoms with Crippen molar-refractivity contribution in [1.82, 2.24) is 9.78 Å². The van der Waals surface area contributed by atoms with Gasteiger partial charge in [-0.05, 0) is 30.7 Å². The van der Waals surface area contributed by atoms with Crippen LogP contribution < -0.4 is 5.32 Å². The second-order valence-electron chi connectivity index (χ2n) is 5.77. The fourth-order valence-corrected chi connectivity index (χ4v) is 2.57. The summed E-state index contributed by atoms with van der Waals surface area (Å²) >= 11 is 5.86. The normalized spacial score (nSPS) is 10.5. The lowest BCUT2D eigenvalue weighted by Crippen LogP contribution is -2.12. The standard InChI is InChI=1S/C18H15ClN4O3/c1-12-2-5-14(8-17(12)23(25)26)18(24)21-16-9-20-22(11-16)10-13-3-6-15(19)7-4-13/h2-9,11H,10H2,1H3,(H,21,24). The van der Waals surface area contributed by atoms with E-state index in [1.165, 1.54) is 12.3 Å². The highest BCUT2D eigenvalue weighted by Crippen LogP contribution is 2.20. The number of rotatable bonds is 5. The van der Waals surface area contributed by atoms with Gasteiger partial charge in [-0.3, -0.25) is 19.6 Å². The van der Waals surface area contributed by atoms with Gasteiger partial charge >= 0.3 is 0 Å². The van der Waals surface area contributed by atoms with Gasteiger partial charge in [-0.1, -0.05) is 29.8 Å². The summed E-state index contributed by atoms with van der Waals surface area (Å²) in [6.07, 6.45) is 3.21. The number of carbonyl (C=O) groups is 1. The average Bonchev–Trinajstić information content (AvgIpc) is 3.04. The number of hydrogen-bond acceptors (Lipinski definition) is 4. The minimum atomic E-state index is -0.504. The Balaban J connectivity index is 1.70. The van der Waals surface area contributed by atoms with Crippen molar-refractivity contribution in [3.63, 3.8) is 0 Å². The van der Waals surface area contributed by atoms with E-state index in [0.29, 0.717) is 22.8 Å². The van der Waals surface area contributed by atoms with Crippen LogP contribution in [0.2, 0.25) is 5.02 Å². The highest BCUT2D eigenvalue weighted by atomic mass is 35.5. The summed E-state index contributed by atoms with van der Waals surface area (Å²) in [6, 6.07) is 11.8. The number of amides is 1. The first-order valence-electron chi connectivity index (χ1n) is 7.75. The Morgan fingerprint density at radius 2 is 2.00 bits per heavy atom. The van der Waals surface area contributed by atoms with E-state index >= 15 is 0 Å². The van der Waals surface area contributed by atoms with Crippen molar-refractivity contribution in [2.75, 3.05) is 5.32 Å². The molecule has 0 saturated carbocycles. The molecule has 1 heterocycles. The van der Waals surface area contributed by atoms with E-state index < -0.39 is 10.8 Å². The summed E-state index contributed by atoms with van der Waals surface area (Å²) in [7, 11) is 0. The summed E-state index contributed by atoms with van der Waals surface area (Å²) < 4.78 is 1.68. The second-order valence-corrected chi connectivity index (χ2v) is 6.20. The summed E-state index contributed by atoms with van der Waals surface area (Å²) in [5, 5.41) is 18.6. The number of aryl methyl sites for hydroxylation is 1. The van der Waals surface area contributed by atoms with Crippen LogP contribution in [-0.4, -0.2) is 20.6 Å². The molecular formula is C18H15ClN4O3. The van der Waals surface area contributed by atoms with Crippen molar-refractivity contribution in [2.24, 2.45) is 0 Å². The predicted molar refractivity (Wildman–Crippen MR) is 98.6 cm³/mol. The molecule has 0 saturated heterocycles. The summed E-state index contributed by atoms with van der Waals surface area (Å²) in [5.41, 5.74) is 2.16. The molecule has 0 bridgehead atoms. The van der Waals surface area contributed by atoms with Gasteiger partial charge in [0, 0.05) is 28.4 Å². The molecule has 0 aliphatic carbocycles. The maximum absolute atomic E-state index is 12.3. The van der Waals surface area contributed by atoms with Crippen LogP contribution in [0, 0.1) is 17.0 Å². The van der Waals surface area contributed by atoms with Crippen molar-refractivity contribution < 1.29 is 9.72 Å². The molecule has 1 N–H and O–H groups in total.